The molecule has 1 fully saturated rings. The molecule has 1 atom stereocenters. The Bertz CT molecular complexity index is 449. The molecule has 4 nitrogen and oxygen atoms in total. The number of hydrogen-bond acceptors (Lipinski definition) is 2. The molecule has 0 saturated carbocycles. The SMILES string of the molecule is CCCCCN1CCC(NC(=O)Nc2ccc(F)cc2)C1. The molecule has 2 N–H and O–H groups in total. The minimum absolute atomic E-state index is 0.201. The number of unbranched alkanes of at least 4 members (excludes halogenated alkanes) is 2. The van der Waals surface area contributed by atoms with Crippen LogP contribution in [0.15, 0.2) is 24.3 Å². The van der Waals surface area contributed by atoms with Crippen LogP contribution in [-0.4, -0.2) is 36.6 Å². The van der Waals surface area contributed by atoms with Crippen molar-refractivity contribution in [2.24, 2.45) is 0 Å². The second-order valence-electron chi connectivity index (χ2n) is 5.60. The number of amides is 2. The summed E-state index contributed by atoms with van der Waals surface area (Å²) < 4.78 is 12.8. The Morgan fingerprint density at radius 1 is 1.33 bits per heavy atom. The van der Waals surface area contributed by atoms with Crippen molar-refractivity contribution >= 4 is 11.7 Å². The summed E-state index contributed by atoms with van der Waals surface area (Å²) >= 11 is 0. The number of carbonyl (C=O) groups excluding carboxylic acids is 1. The summed E-state index contributed by atoms with van der Waals surface area (Å²) in [6, 6.07) is 5.76. The highest BCUT2D eigenvalue weighted by molar-refractivity contribution is 5.89. The van der Waals surface area contributed by atoms with Crippen LogP contribution in [0.2, 0.25) is 0 Å². The molecule has 1 aliphatic heterocycles. The fourth-order valence-electron chi connectivity index (χ4n) is 2.62. The van der Waals surface area contributed by atoms with Gasteiger partial charge in [0, 0.05) is 24.8 Å². The van der Waals surface area contributed by atoms with E-state index in [2.05, 4.69) is 22.5 Å². The van der Waals surface area contributed by atoms with Crippen LogP contribution in [-0.2, 0) is 0 Å². The lowest BCUT2D eigenvalue weighted by atomic mass is 10.2. The molecule has 2 rings (SSSR count). The highest BCUT2D eigenvalue weighted by atomic mass is 19.1. The third kappa shape index (κ3) is 5.34. The average molecular weight is 293 g/mol. The Balaban J connectivity index is 1.70. The monoisotopic (exact) mass is 293 g/mol. The van der Waals surface area contributed by atoms with Crippen molar-refractivity contribution < 1.29 is 9.18 Å². The van der Waals surface area contributed by atoms with E-state index in [4.69, 9.17) is 0 Å². The number of nitrogens with one attached hydrogen (secondary N) is 2. The zero-order valence-corrected chi connectivity index (χ0v) is 12.6. The Morgan fingerprint density at radius 3 is 2.81 bits per heavy atom. The molecule has 1 aromatic rings. The Morgan fingerprint density at radius 2 is 2.10 bits per heavy atom. The van der Waals surface area contributed by atoms with Crippen LogP contribution >= 0.6 is 0 Å². The van der Waals surface area contributed by atoms with Crippen LogP contribution in [0.25, 0.3) is 0 Å². The van der Waals surface area contributed by atoms with E-state index in [1.54, 1.807) is 12.1 Å². The summed E-state index contributed by atoms with van der Waals surface area (Å²) in [5, 5.41) is 5.70. The van der Waals surface area contributed by atoms with E-state index in [1.807, 2.05) is 0 Å². The van der Waals surface area contributed by atoms with Gasteiger partial charge < -0.3 is 15.5 Å². The molecule has 0 bridgehead atoms. The van der Waals surface area contributed by atoms with E-state index in [9.17, 15) is 9.18 Å². The van der Waals surface area contributed by atoms with E-state index >= 15 is 0 Å². The Kier molecular flexibility index (Phi) is 5.99. The maximum Gasteiger partial charge on any atom is 0.319 e. The highest BCUT2D eigenvalue weighted by Crippen LogP contribution is 2.12. The van der Waals surface area contributed by atoms with Crippen molar-refractivity contribution in [3.63, 3.8) is 0 Å². The molecule has 21 heavy (non-hydrogen) atoms. The first-order valence-electron chi connectivity index (χ1n) is 7.73. The number of likely N-dealkylation sites (tertiary alicyclic amines) is 1. The molecule has 5 heteroatoms. The number of nitrogens with zero attached hydrogens (tertiary/aromatic N) is 1. The molecular weight excluding hydrogens is 269 g/mol. The predicted molar refractivity (Wildman–Crippen MR) is 82.9 cm³/mol. The molecular formula is C16H24FN3O. The first-order chi connectivity index (χ1) is 10.2. The number of benzene rings is 1. The third-order valence-corrected chi connectivity index (χ3v) is 3.79. The van der Waals surface area contributed by atoms with Gasteiger partial charge in [-0.3, -0.25) is 0 Å². The van der Waals surface area contributed by atoms with Crippen LogP contribution in [0.5, 0.6) is 0 Å². The number of carbonyl (C=O) groups is 1. The van der Waals surface area contributed by atoms with Crippen molar-refractivity contribution in [2.75, 3.05) is 25.0 Å². The van der Waals surface area contributed by atoms with Crippen LogP contribution in [0.4, 0.5) is 14.9 Å². The van der Waals surface area contributed by atoms with Gasteiger partial charge in [0.1, 0.15) is 5.82 Å². The van der Waals surface area contributed by atoms with Gasteiger partial charge in [0.25, 0.3) is 0 Å². The molecule has 1 saturated heterocycles. The Labute approximate surface area is 125 Å². The predicted octanol–water partition coefficient (Wildman–Crippen LogP) is 3.21. The molecule has 1 aliphatic rings. The van der Waals surface area contributed by atoms with Crippen LogP contribution < -0.4 is 10.6 Å². The summed E-state index contributed by atoms with van der Waals surface area (Å²) in [4.78, 5) is 14.3. The first-order valence-corrected chi connectivity index (χ1v) is 7.73. The normalized spacial score (nSPS) is 18.7. The third-order valence-electron chi connectivity index (χ3n) is 3.79. The molecule has 0 aromatic heterocycles. The van der Waals surface area contributed by atoms with Crippen LogP contribution in [0, 0.1) is 5.82 Å². The number of hydrogen-bond donors (Lipinski definition) is 2. The minimum Gasteiger partial charge on any atom is -0.334 e. The zero-order chi connectivity index (χ0) is 15.1. The van der Waals surface area contributed by atoms with Crippen molar-refractivity contribution in [1.29, 1.82) is 0 Å². The maximum absolute atomic E-state index is 12.8. The molecule has 0 aliphatic carbocycles. The molecule has 1 aromatic carbocycles. The zero-order valence-electron chi connectivity index (χ0n) is 12.6. The van der Waals surface area contributed by atoms with E-state index in [0.717, 1.165) is 26.1 Å². The molecule has 1 heterocycles. The number of anilines is 1. The second kappa shape index (κ2) is 7.98. The minimum atomic E-state index is -0.306. The van der Waals surface area contributed by atoms with E-state index in [0.29, 0.717) is 5.69 Å². The smallest absolute Gasteiger partial charge is 0.319 e. The number of halogens is 1. The summed E-state index contributed by atoms with van der Waals surface area (Å²) in [5.74, 6) is -0.306. The van der Waals surface area contributed by atoms with Gasteiger partial charge in [-0.25, -0.2) is 9.18 Å². The largest absolute Gasteiger partial charge is 0.334 e. The Hall–Kier alpha value is -1.62. The van der Waals surface area contributed by atoms with Crippen molar-refractivity contribution in [2.45, 2.75) is 38.6 Å². The highest BCUT2D eigenvalue weighted by Gasteiger charge is 2.23. The van der Waals surface area contributed by atoms with Crippen molar-refractivity contribution in [3.05, 3.63) is 30.1 Å². The lowest BCUT2D eigenvalue weighted by Crippen LogP contribution is -2.39. The standard InChI is InChI=1S/C16H24FN3O/c1-2-3-4-10-20-11-9-15(12-20)19-16(21)18-14-7-5-13(17)6-8-14/h5-8,15H,2-4,9-12H2,1H3,(H2,18,19,21). The fraction of sp³-hybridized carbons (Fsp3) is 0.562. The van der Waals surface area contributed by atoms with Gasteiger partial charge in [0.2, 0.25) is 0 Å². The van der Waals surface area contributed by atoms with E-state index < -0.39 is 0 Å². The van der Waals surface area contributed by atoms with Gasteiger partial charge in [0.05, 0.1) is 0 Å². The summed E-state index contributed by atoms with van der Waals surface area (Å²) in [6.45, 7) is 5.28. The van der Waals surface area contributed by atoms with E-state index in [1.165, 1.54) is 31.4 Å². The summed E-state index contributed by atoms with van der Waals surface area (Å²) in [7, 11) is 0. The first kappa shape index (κ1) is 15.8. The van der Waals surface area contributed by atoms with Crippen molar-refractivity contribution in [3.8, 4) is 0 Å². The molecule has 1 unspecified atom stereocenters. The molecule has 0 spiro atoms. The molecule has 116 valence electrons. The number of rotatable bonds is 6. The van der Waals surface area contributed by atoms with Gasteiger partial charge in [-0.1, -0.05) is 19.8 Å². The van der Waals surface area contributed by atoms with E-state index in [-0.39, 0.29) is 17.9 Å². The van der Waals surface area contributed by atoms with Crippen LogP contribution in [0.1, 0.15) is 32.6 Å². The molecule has 2 amide bonds. The maximum atomic E-state index is 12.8. The topological polar surface area (TPSA) is 44.4 Å². The van der Waals surface area contributed by atoms with Gasteiger partial charge in [-0.15, -0.1) is 0 Å². The fourth-order valence-corrected chi connectivity index (χ4v) is 2.62. The van der Waals surface area contributed by atoms with Crippen LogP contribution in [0.3, 0.4) is 0 Å². The lowest BCUT2D eigenvalue weighted by molar-refractivity contribution is 0.247. The van der Waals surface area contributed by atoms with Gasteiger partial charge in [0.15, 0.2) is 0 Å². The van der Waals surface area contributed by atoms with Crippen molar-refractivity contribution in [1.82, 2.24) is 10.2 Å². The number of urea groups is 1. The average Bonchev–Trinajstić information content (AvgIpc) is 2.89. The quantitative estimate of drug-likeness (QED) is 0.791. The van der Waals surface area contributed by atoms with Gasteiger partial charge in [-0.05, 0) is 43.7 Å². The van der Waals surface area contributed by atoms with Gasteiger partial charge >= 0.3 is 6.03 Å². The molecule has 0 radical (unpaired) electrons. The summed E-state index contributed by atoms with van der Waals surface area (Å²) in [5.41, 5.74) is 0.603. The lowest BCUT2D eigenvalue weighted by Gasteiger charge is -2.16. The summed E-state index contributed by atoms with van der Waals surface area (Å²) in [6.07, 6.45) is 4.71. The van der Waals surface area contributed by atoms with Gasteiger partial charge in [-0.2, -0.15) is 0 Å². The second-order valence-corrected chi connectivity index (χ2v) is 5.60.